The third kappa shape index (κ3) is 4.55. The van der Waals surface area contributed by atoms with Gasteiger partial charge in [0.2, 0.25) is 0 Å². The van der Waals surface area contributed by atoms with Crippen molar-refractivity contribution in [3.8, 4) is 5.75 Å². The molecule has 1 amide bonds. The average Bonchev–Trinajstić information content (AvgIpc) is 3.26. The molecule has 0 bridgehead atoms. The van der Waals surface area contributed by atoms with Crippen LogP contribution in [0, 0.1) is 0 Å². The first kappa shape index (κ1) is 21.7. The first-order valence-electron chi connectivity index (χ1n) is 10.2. The minimum Gasteiger partial charge on any atom is -0.483 e. The first-order chi connectivity index (χ1) is 15.6. The predicted molar refractivity (Wildman–Crippen MR) is 125 cm³/mol. The van der Waals surface area contributed by atoms with Crippen LogP contribution < -0.4 is 10.1 Å². The fourth-order valence-corrected chi connectivity index (χ4v) is 4.37. The molecule has 1 N–H and O–H groups in total. The fourth-order valence-electron chi connectivity index (χ4n) is 3.58. The van der Waals surface area contributed by atoms with Crippen molar-refractivity contribution in [2.75, 3.05) is 18.5 Å². The lowest BCUT2D eigenvalue weighted by Gasteiger charge is -2.34. The molecule has 2 aromatic rings. The van der Waals surface area contributed by atoms with Gasteiger partial charge in [0.05, 0.1) is 23.9 Å². The number of hydrogen-bond acceptors (Lipinski definition) is 7. The lowest BCUT2D eigenvalue weighted by Crippen LogP contribution is -2.34. The van der Waals surface area contributed by atoms with Gasteiger partial charge in [-0.15, -0.1) is 0 Å². The van der Waals surface area contributed by atoms with Crippen molar-refractivity contribution in [2.24, 2.45) is 4.99 Å². The summed E-state index contributed by atoms with van der Waals surface area (Å²) in [5, 5.41) is 5.50. The van der Waals surface area contributed by atoms with E-state index in [0.29, 0.717) is 22.7 Å². The van der Waals surface area contributed by atoms with Gasteiger partial charge in [0, 0.05) is 17.5 Å². The number of amides is 1. The van der Waals surface area contributed by atoms with Gasteiger partial charge in [0.1, 0.15) is 5.75 Å². The summed E-state index contributed by atoms with van der Waals surface area (Å²) in [5.74, 6) is -0.174. The zero-order valence-corrected chi connectivity index (χ0v) is 18.6. The zero-order valence-electron chi connectivity index (χ0n) is 17.8. The molecule has 2 heterocycles. The number of carbonyl (C=O) groups excluding carboxylic acids is 2. The molecule has 7 nitrogen and oxygen atoms in total. The van der Waals surface area contributed by atoms with Crippen molar-refractivity contribution in [3.05, 3.63) is 83.0 Å². The molecule has 2 aromatic carbocycles. The predicted octanol–water partition coefficient (Wildman–Crippen LogP) is 4.47. The van der Waals surface area contributed by atoms with Crippen molar-refractivity contribution in [1.29, 1.82) is 0 Å². The topological polar surface area (TPSA) is 80.2 Å². The first-order valence-corrected chi connectivity index (χ1v) is 11.1. The van der Waals surface area contributed by atoms with Gasteiger partial charge in [-0.2, -0.15) is 0 Å². The number of anilines is 1. The van der Waals surface area contributed by atoms with Crippen molar-refractivity contribution >= 4 is 34.5 Å². The molecule has 0 fully saturated rings. The standard InChI is InChI=1S/C24H23N3O4S/c1-3-30-23(29)21-16(2)25-24-27(13-14-32-24)22(21)18-11-7-8-12-19(18)31-15-20(28)26-17-9-5-4-6-10-17/h4-14,22H,3,15H2,1-2H3,(H,26,28)/t22-/m0/s1. The number of allylic oxidation sites excluding steroid dienone is 1. The van der Waals surface area contributed by atoms with Crippen LogP contribution in [0.2, 0.25) is 0 Å². The van der Waals surface area contributed by atoms with Gasteiger partial charge < -0.3 is 19.7 Å². The Hall–Kier alpha value is -3.52. The third-order valence-corrected chi connectivity index (χ3v) is 5.72. The molecule has 164 valence electrons. The number of esters is 1. The minimum absolute atomic E-state index is 0.165. The van der Waals surface area contributed by atoms with Gasteiger partial charge in [0.15, 0.2) is 11.8 Å². The van der Waals surface area contributed by atoms with Gasteiger partial charge in [-0.1, -0.05) is 48.2 Å². The molecular formula is C24H23N3O4S. The molecule has 1 atom stereocenters. The Morgan fingerprint density at radius 1 is 1.12 bits per heavy atom. The molecule has 0 aliphatic carbocycles. The summed E-state index contributed by atoms with van der Waals surface area (Å²) in [7, 11) is 0. The zero-order chi connectivity index (χ0) is 22.5. The number of para-hydroxylation sites is 2. The molecule has 2 aliphatic heterocycles. The minimum atomic E-state index is -0.471. The molecule has 0 radical (unpaired) electrons. The fraction of sp³-hybridized carbons (Fsp3) is 0.208. The summed E-state index contributed by atoms with van der Waals surface area (Å²) in [6.07, 6.45) is 1.89. The van der Waals surface area contributed by atoms with E-state index in [-0.39, 0.29) is 19.1 Å². The van der Waals surface area contributed by atoms with Crippen molar-refractivity contribution in [1.82, 2.24) is 4.90 Å². The van der Waals surface area contributed by atoms with Crippen LogP contribution in [-0.2, 0) is 14.3 Å². The average molecular weight is 450 g/mol. The van der Waals surface area contributed by atoms with Gasteiger partial charge in [-0.25, -0.2) is 9.79 Å². The number of carbonyl (C=O) groups is 2. The van der Waals surface area contributed by atoms with Crippen molar-refractivity contribution < 1.29 is 19.1 Å². The molecule has 32 heavy (non-hydrogen) atoms. The lowest BCUT2D eigenvalue weighted by atomic mass is 9.94. The summed E-state index contributed by atoms with van der Waals surface area (Å²) >= 11 is 1.49. The van der Waals surface area contributed by atoms with Crippen LogP contribution >= 0.6 is 11.8 Å². The van der Waals surface area contributed by atoms with Gasteiger partial charge in [0.25, 0.3) is 5.91 Å². The van der Waals surface area contributed by atoms with E-state index in [9.17, 15) is 9.59 Å². The maximum absolute atomic E-state index is 12.8. The maximum atomic E-state index is 12.8. The molecule has 0 saturated heterocycles. The Morgan fingerprint density at radius 2 is 1.88 bits per heavy atom. The number of nitrogens with one attached hydrogen (secondary N) is 1. The summed E-state index contributed by atoms with van der Waals surface area (Å²) in [6.45, 7) is 3.68. The second-order valence-corrected chi connectivity index (χ2v) is 7.94. The Bertz CT molecular complexity index is 1110. The second-order valence-electron chi connectivity index (χ2n) is 7.07. The number of rotatable bonds is 7. The summed E-state index contributed by atoms with van der Waals surface area (Å²) in [4.78, 5) is 31.8. The largest absolute Gasteiger partial charge is 0.483 e. The van der Waals surface area contributed by atoms with E-state index < -0.39 is 12.0 Å². The number of aliphatic imine (C=N–C) groups is 1. The number of thioether (sulfide) groups is 1. The van der Waals surface area contributed by atoms with Crippen LogP contribution in [0.4, 0.5) is 5.69 Å². The highest BCUT2D eigenvalue weighted by atomic mass is 32.2. The van der Waals surface area contributed by atoms with Gasteiger partial charge in [-0.05, 0) is 37.5 Å². The molecule has 0 unspecified atom stereocenters. The Labute approximate surface area is 190 Å². The van der Waals surface area contributed by atoms with Crippen LogP contribution in [0.3, 0.4) is 0 Å². The molecule has 0 aromatic heterocycles. The third-order valence-electron chi connectivity index (χ3n) is 4.95. The monoisotopic (exact) mass is 449 g/mol. The quantitative estimate of drug-likeness (QED) is 0.628. The number of benzene rings is 2. The molecule has 0 spiro atoms. The molecule has 2 aliphatic rings. The number of amidine groups is 1. The normalized spacial score (nSPS) is 17.0. The van der Waals surface area contributed by atoms with Crippen molar-refractivity contribution in [2.45, 2.75) is 19.9 Å². The van der Waals surface area contributed by atoms with Crippen LogP contribution in [0.25, 0.3) is 0 Å². The lowest BCUT2D eigenvalue weighted by molar-refractivity contribution is -0.139. The highest BCUT2D eigenvalue weighted by Crippen LogP contribution is 2.43. The van der Waals surface area contributed by atoms with Crippen LogP contribution in [0.15, 0.2) is 82.5 Å². The van der Waals surface area contributed by atoms with E-state index in [1.54, 1.807) is 19.9 Å². The van der Waals surface area contributed by atoms with E-state index >= 15 is 0 Å². The number of nitrogens with zero attached hydrogens (tertiary/aromatic N) is 2. The van der Waals surface area contributed by atoms with Gasteiger partial charge in [-0.3, -0.25) is 4.79 Å². The highest BCUT2D eigenvalue weighted by molar-refractivity contribution is 8.16. The highest BCUT2D eigenvalue weighted by Gasteiger charge is 2.38. The van der Waals surface area contributed by atoms with E-state index in [2.05, 4.69) is 10.3 Å². The van der Waals surface area contributed by atoms with Crippen LogP contribution in [-0.4, -0.2) is 35.2 Å². The number of fused-ring (bicyclic) bond motifs is 1. The van der Waals surface area contributed by atoms with E-state index in [0.717, 1.165) is 10.7 Å². The SMILES string of the molecule is CCOC(=O)C1=C(C)N=C2SC=CN2[C@H]1c1ccccc1OCC(=O)Nc1ccccc1. The summed E-state index contributed by atoms with van der Waals surface area (Å²) < 4.78 is 11.2. The Balaban J connectivity index is 1.61. The Morgan fingerprint density at radius 3 is 2.66 bits per heavy atom. The summed E-state index contributed by atoms with van der Waals surface area (Å²) in [6, 6.07) is 16.1. The molecule has 0 saturated carbocycles. The van der Waals surface area contributed by atoms with E-state index in [1.807, 2.05) is 65.0 Å². The van der Waals surface area contributed by atoms with Crippen LogP contribution in [0.5, 0.6) is 5.75 Å². The van der Waals surface area contributed by atoms with E-state index in [1.165, 1.54) is 11.8 Å². The molecular weight excluding hydrogens is 426 g/mol. The second kappa shape index (κ2) is 9.74. The van der Waals surface area contributed by atoms with E-state index in [4.69, 9.17) is 9.47 Å². The Kier molecular flexibility index (Phi) is 6.61. The van der Waals surface area contributed by atoms with Crippen LogP contribution in [0.1, 0.15) is 25.5 Å². The van der Waals surface area contributed by atoms with Crippen molar-refractivity contribution in [3.63, 3.8) is 0 Å². The molecule has 4 rings (SSSR count). The summed E-state index contributed by atoms with van der Waals surface area (Å²) in [5.41, 5.74) is 2.51. The maximum Gasteiger partial charge on any atom is 0.338 e. The smallest absolute Gasteiger partial charge is 0.338 e. The van der Waals surface area contributed by atoms with Gasteiger partial charge >= 0.3 is 5.97 Å². The molecule has 8 heteroatoms. The number of ether oxygens (including phenoxy) is 2. The number of hydrogen-bond donors (Lipinski definition) is 1.